The zero-order chi connectivity index (χ0) is 17.8. The van der Waals surface area contributed by atoms with E-state index >= 15 is 0 Å². The number of ether oxygens (including phenoxy) is 1. The van der Waals surface area contributed by atoms with E-state index < -0.39 is 5.82 Å². The summed E-state index contributed by atoms with van der Waals surface area (Å²) in [5.41, 5.74) is 2.78. The second-order valence-corrected chi connectivity index (χ2v) is 6.25. The van der Waals surface area contributed by atoms with Gasteiger partial charge in [-0.05, 0) is 18.6 Å². The van der Waals surface area contributed by atoms with Gasteiger partial charge in [-0.15, -0.1) is 0 Å². The van der Waals surface area contributed by atoms with Crippen LogP contribution in [0.5, 0.6) is 5.75 Å². The fourth-order valence-electron chi connectivity index (χ4n) is 2.56. The summed E-state index contributed by atoms with van der Waals surface area (Å²) in [4.78, 5) is 8.64. The van der Waals surface area contributed by atoms with Gasteiger partial charge >= 0.3 is 0 Å². The Labute approximate surface area is 150 Å². The number of nitrogens with one attached hydrogen (secondary N) is 2. The minimum atomic E-state index is -0.419. The number of hydrogen-bond acceptors (Lipinski definition) is 6. The average Bonchev–Trinajstić information content (AvgIpc) is 3.05. The summed E-state index contributed by atoms with van der Waals surface area (Å²) in [7, 11) is 3.25. The molecule has 2 heterocycles. The fourth-order valence-corrected chi connectivity index (χ4v) is 3.18. The van der Waals surface area contributed by atoms with Crippen molar-refractivity contribution in [3.8, 4) is 17.0 Å². The molecule has 0 radical (unpaired) electrons. The number of aromatic nitrogens is 3. The molecule has 2 N–H and O–H groups in total. The number of fused-ring (bicyclic) bond motifs is 1. The Hall–Kier alpha value is -2.48. The Bertz CT molecular complexity index is 883. The van der Waals surface area contributed by atoms with Crippen molar-refractivity contribution in [2.45, 2.75) is 13.3 Å². The highest BCUT2D eigenvalue weighted by atomic mass is 32.2. The van der Waals surface area contributed by atoms with E-state index in [0.29, 0.717) is 22.7 Å². The maximum atomic E-state index is 14.5. The van der Waals surface area contributed by atoms with Crippen LogP contribution in [0.15, 0.2) is 30.7 Å². The van der Waals surface area contributed by atoms with Gasteiger partial charge in [-0.2, -0.15) is 0 Å². The average molecular weight is 361 g/mol. The van der Waals surface area contributed by atoms with E-state index in [1.165, 1.54) is 25.1 Å². The molecule has 0 fully saturated rings. The number of nitrogens with zero attached hydrogens (tertiary/aromatic N) is 3. The summed E-state index contributed by atoms with van der Waals surface area (Å²) in [6, 6.07) is 3.32. The molecule has 3 aromatic rings. The third kappa shape index (κ3) is 3.34. The summed E-state index contributed by atoms with van der Waals surface area (Å²) >= 11 is 1.52. The predicted molar refractivity (Wildman–Crippen MR) is 101 cm³/mol. The molecular weight excluding hydrogens is 341 g/mol. The molecule has 8 heteroatoms. The van der Waals surface area contributed by atoms with Crippen LogP contribution in [0.25, 0.3) is 16.9 Å². The summed E-state index contributed by atoms with van der Waals surface area (Å²) in [5.74, 6) is 1.37. The number of benzene rings is 1. The van der Waals surface area contributed by atoms with E-state index in [1.54, 1.807) is 25.6 Å². The van der Waals surface area contributed by atoms with E-state index in [9.17, 15) is 4.39 Å². The zero-order valence-corrected chi connectivity index (χ0v) is 15.2. The molecule has 132 valence electrons. The van der Waals surface area contributed by atoms with Crippen molar-refractivity contribution in [2.24, 2.45) is 0 Å². The first kappa shape index (κ1) is 17.3. The van der Waals surface area contributed by atoms with Crippen LogP contribution in [0.4, 0.5) is 15.9 Å². The number of anilines is 2. The minimum Gasteiger partial charge on any atom is -0.492 e. The van der Waals surface area contributed by atoms with Crippen LogP contribution in [0.2, 0.25) is 0 Å². The summed E-state index contributed by atoms with van der Waals surface area (Å²) < 4.78 is 24.8. The van der Waals surface area contributed by atoms with E-state index in [0.717, 1.165) is 17.9 Å². The lowest BCUT2D eigenvalue weighted by atomic mass is 10.1. The summed E-state index contributed by atoms with van der Waals surface area (Å²) in [6.45, 7) is 2.09. The van der Waals surface area contributed by atoms with Crippen molar-refractivity contribution >= 4 is 29.1 Å². The van der Waals surface area contributed by atoms with Gasteiger partial charge in [0.25, 0.3) is 0 Å². The van der Waals surface area contributed by atoms with Crippen molar-refractivity contribution in [3.63, 3.8) is 0 Å². The molecule has 0 atom stereocenters. The van der Waals surface area contributed by atoms with E-state index in [1.807, 2.05) is 10.5 Å². The van der Waals surface area contributed by atoms with Gasteiger partial charge in [-0.25, -0.2) is 14.4 Å². The molecule has 1 aromatic carbocycles. The highest BCUT2D eigenvalue weighted by molar-refractivity contribution is 8.00. The molecule has 0 saturated carbocycles. The van der Waals surface area contributed by atoms with E-state index in [2.05, 4.69) is 26.9 Å². The summed E-state index contributed by atoms with van der Waals surface area (Å²) in [6.07, 6.45) is 6.22. The van der Waals surface area contributed by atoms with Gasteiger partial charge in [0.05, 0.1) is 24.7 Å². The number of methoxy groups -OCH3 is 1. The number of rotatable bonds is 7. The normalized spacial score (nSPS) is 10.9. The first-order valence-electron chi connectivity index (χ1n) is 7.95. The first-order chi connectivity index (χ1) is 12.2. The molecule has 0 aliphatic carbocycles. The lowest BCUT2D eigenvalue weighted by Gasteiger charge is -2.13. The first-order valence-corrected chi connectivity index (χ1v) is 8.93. The standard InChI is InChI=1S/C17H20FN5OS/c1-4-7-25-22-13-9-11(8-12(18)15(13)24-3)14-10-21-17-16(19-2)20-5-6-23(14)17/h5-6,8-10,22H,4,7H2,1-3H3,(H,19,20). The minimum absolute atomic E-state index is 0.207. The molecule has 0 amide bonds. The number of imidazole rings is 1. The Morgan fingerprint density at radius 1 is 1.32 bits per heavy atom. The third-order valence-electron chi connectivity index (χ3n) is 3.70. The SMILES string of the molecule is CCCSNc1cc(-c2cnc3c(NC)nccn23)cc(F)c1OC. The number of hydrogen-bond donors (Lipinski definition) is 2. The maximum absolute atomic E-state index is 14.5. The van der Waals surface area contributed by atoms with Gasteiger partial charge < -0.3 is 14.8 Å². The molecular formula is C17H20FN5OS. The molecule has 25 heavy (non-hydrogen) atoms. The predicted octanol–water partition coefficient (Wildman–Crippen LogP) is 4.06. The smallest absolute Gasteiger partial charge is 0.180 e. The lowest BCUT2D eigenvalue weighted by molar-refractivity contribution is 0.389. The number of halogens is 1. The van der Waals surface area contributed by atoms with Gasteiger partial charge in [-0.1, -0.05) is 18.9 Å². The zero-order valence-electron chi connectivity index (χ0n) is 14.3. The molecule has 6 nitrogen and oxygen atoms in total. The van der Waals surface area contributed by atoms with Crippen molar-refractivity contribution in [3.05, 3.63) is 36.5 Å². The van der Waals surface area contributed by atoms with Crippen molar-refractivity contribution in [1.82, 2.24) is 14.4 Å². The van der Waals surface area contributed by atoms with Crippen LogP contribution >= 0.6 is 11.9 Å². The lowest BCUT2D eigenvalue weighted by Crippen LogP contribution is -1.99. The molecule has 0 unspecified atom stereocenters. The molecule has 0 bridgehead atoms. The van der Waals surface area contributed by atoms with E-state index in [-0.39, 0.29) is 5.75 Å². The Morgan fingerprint density at radius 2 is 2.16 bits per heavy atom. The highest BCUT2D eigenvalue weighted by Gasteiger charge is 2.16. The van der Waals surface area contributed by atoms with Gasteiger partial charge in [0.15, 0.2) is 23.0 Å². The fraction of sp³-hybridized carbons (Fsp3) is 0.294. The van der Waals surface area contributed by atoms with Gasteiger partial charge in [0.2, 0.25) is 0 Å². The molecule has 0 aliphatic rings. The van der Waals surface area contributed by atoms with Gasteiger partial charge in [-0.3, -0.25) is 4.40 Å². The van der Waals surface area contributed by atoms with Crippen LogP contribution in [-0.2, 0) is 0 Å². The third-order valence-corrected chi connectivity index (χ3v) is 4.67. The van der Waals surface area contributed by atoms with Crippen LogP contribution < -0.4 is 14.8 Å². The molecule has 0 aliphatic heterocycles. The van der Waals surface area contributed by atoms with Crippen LogP contribution in [0.1, 0.15) is 13.3 Å². The molecule has 3 rings (SSSR count). The molecule has 0 saturated heterocycles. The summed E-state index contributed by atoms with van der Waals surface area (Å²) in [5, 5.41) is 3.01. The van der Waals surface area contributed by atoms with Gasteiger partial charge in [0, 0.05) is 30.8 Å². The van der Waals surface area contributed by atoms with Crippen LogP contribution in [-0.4, -0.2) is 34.3 Å². The van der Waals surface area contributed by atoms with E-state index in [4.69, 9.17) is 4.74 Å². The molecule has 2 aromatic heterocycles. The van der Waals surface area contributed by atoms with Crippen molar-refractivity contribution in [2.75, 3.05) is 29.9 Å². The maximum Gasteiger partial charge on any atom is 0.180 e. The Morgan fingerprint density at radius 3 is 2.88 bits per heavy atom. The van der Waals surface area contributed by atoms with Crippen LogP contribution in [0, 0.1) is 5.82 Å². The monoisotopic (exact) mass is 361 g/mol. The highest BCUT2D eigenvalue weighted by Crippen LogP contribution is 2.35. The topological polar surface area (TPSA) is 63.5 Å². The second-order valence-electron chi connectivity index (χ2n) is 5.35. The Kier molecular flexibility index (Phi) is 5.28. The van der Waals surface area contributed by atoms with Gasteiger partial charge in [0.1, 0.15) is 0 Å². The van der Waals surface area contributed by atoms with Crippen molar-refractivity contribution < 1.29 is 9.13 Å². The van der Waals surface area contributed by atoms with Crippen LogP contribution in [0.3, 0.4) is 0 Å². The van der Waals surface area contributed by atoms with Crippen molar-refractivity contribution in [1.29, 1.82) is 0 Å². The molecule has 0 spiro atoms. The quantitative estimate of drug-likeness (QED) is 0.489. The second kappa shape index (κ2) is 7.60. The Balaban J connectivity index is 2.08. The largest absolute Gasteiger partial charge is 0.492 e.